The molecule has 1 N–H and O–H groups in total. The molecule has 0 atom stereocenters. The highest BCUT2D eigenvalue weighted by Gasteiger charge is 2.10. The van der Waals surface area contributed by atoms with E-state index < -0.39 is 0 Å². The summed E-state index contributed by atoms with van der Waals surface area (Å²) in [4.78, 5) is 24.4. The molecule has 0 aliphatic rings. The number of aromatic nitrogens is 2. The summed E-state index contributed by atoms with van der Waals surface area (Å²) in [6, 6.07) is 0. The zero-order chi connectivity index (χ0) is 15.0. The summed E-state index contributed by atoms with van der Waals surface area (Å²) in [5.41, 5.74) is 0. The summed E-state index contributed by atoms with van der Waals surface area (Å²) in [5, 5.41) is 10.8. The van der Waals surface area contributed by atoms with E-state index in [0.717, 1.165) is 15.1 Å². The topological polar surface area (TPSA) is 75.2 Å². The first-order chi connectivity index (χ1) is 9.52. The molecule has 20 heavy (non-hydrogen) atoms. The molecule has 1 rings (SSSR count). The Morgan fingerprint density at radius 2 is 1.80 bits per heavy atom. The first kappa shape index (κ1) is 17.3. The van der Waals surface area contributed by atoms with Crippen LogP contribution < -0.4 is 5.32 Å². The van der Waals surface area contributed by atoms with E-state index in [1.54, 1.807) is 19.0 Å². The average molecular weight is 334 g/mol. The predicted octanol–water partition coefficient (Wildman–Crippen LogP) is 1.34. The lowest BCUT2D eigenvalue weighted by atomic mass is 10.5. The SMILES string of the molecule is CCCNC(=O)CSc1nnc(SCC(=O)N(C)C)s1. The van der Waals surface area contributed by atoms with Crippen molar-refractivity contribution in [3.05, 3.63) is 0 Å². The number of nitrogens with one attached hydrogen (secondary N) is 1. The van der Waals surface area contributed by atoms with Crippen LogP contribution in [-0.2, 0) is 9.59 Å². The molecule has 0 radical (unpaired) electrons. The van der Waals surface area contributed by atoms with E-state index in [2.05, 4.69) is 15.5 Å². The fourth-order valence-corrected chi connectivity index (χ4v) is 3.84. The Bertz CT molecular complexity index is 451. The van der Waals surface area contributed by atoms with Crippen LogP contribution >= 0.6 is 34.9 Å². The lowest BCUT2D eigenvalue weighted by Gasteiger charge is -2.07. The maximum atomic E-state index is 11.4. The number of hydrogen-bond donors (Lipinski definition) is 1. The maximum Gasteiger partial charge on any atom is 0.232 e. The minimum atomic E-state index is 0.00374. The quantitative estimate of drug-likeness (QED) is 0.723. The van der Waals surface area contributed by atoms with Crippen LogP contribution in [-0.4, -0.2) is 59.1 Å². The molecule has 1 aromatic heterocycles. The Labute approximate surface area is 131 Å². The molecule has 2 amide bonds. The molecular weight excluding hydrogens is 316 g/mol. The third-order valence-corrected chi connectivity index (χ3v) is 5.28. The molecule has 0 aromatic carbocycles. The number of hydrogen-bond acceptors (Lipinski definition) is 7. The Kier molecular flexibility index (Phi) is 7.93. The second kappa shape index (κ2) is 9.19. The molecule has 1 heterocycles. The molecule has 112 valence electrons. The fourth-order valence-electron chi connectivity index (χ4n) is 1.01. The van der Waals surface area contributed by atoms with Crippen LogP contribution in [0.25, 0.3) is 0 Å². The summed E-state index contributed by atoms with van der Waals surface area (Å²) in [5.74, 6) is 0.738. The van der Waals surface area contributed by atoms with Crippen LogP contribution in [0.1, 0.15) is 13.3 Å². The Morgan fingerprint density at radius 3 is 2.35 bits per heavy atom. The zero-order valence-electron chi connectivity index (χ0n) is 11.7. The van der Waals surface area contributed by atoms with Crippen molar-refractivity contribution in [2.45, 2.75) is 22.0 Å². The van der Waals surface area contributed by atoms with Gasteiger partial charge in [-0.2, -0.15) is 0 Å². The van der Waals surface area contributed by atoms with Gasteiger partial charge in [0.1, 0.15) is 0 Å². The summed E-state index contributed by atoms with van der Waals surface area (Å²) in [6.45, 7) is 2.71. The highest BCUT2D eigenvalue weighted by Crippen LogP contribution is 2.28. The minimum Gasteiger partial charge on any atom is -0.355 e. The normalized spacial score (nSPS) is 10.3. The van der Waals surface area contributed by atoms with Gasteiger partial charge in [0.15, 0.2) is 8.68 Å². The van der Waals surface area contributed by atoms with E-state index in [1.165, 1.54) is 34.9 Å². The lowest BCUT2D eigenvalue weighted by Crippen LogP contribution is -2.25. The molecule has 0 saturated heterocycles. The molecule has 1 aromatic rings. The fraction of sp³-hybridized carbons (Fsp3) is 0.636. The highest BCUT2D eigenvalue weighted by molar-refractivity contribution is 8.03. The minimum absolute atomic E-state index is 0.00374. The van der Waals surface area contributed by atoms with Crippen molar-refractivity contribution in [3.63, 3.8) is 0 Å². The molecule has 0 bridgehead atoms. The second-order valence-electron chi connectivity index (χ2n) is 4.05. The number of thioether (sulfide) groups is 2. The molecule has 6 nitrogen and oxygen atoms in total. The van der Waals surface area contributed by atoms with Gasteiger partial charge in [-0.15, -0.1) is 10.2 Å². The van der Waals surface area contributed by atoms with E-state index >= 15 is 0 Å². The number of amides is 2. The van der Waals surface area contributed by atoms with Gasteiger partial charge < -0.3 is 10.2 Å². The smallest absolute Gasteiger partial charge is 0.232 e. The van der Waals surface area contributed by atoms with Gasteiger partial charge in [0.2, 0.25) is 11.8 Å². The average Bonchev–Trinajstić information content (AvgIpc) is 2.88. The predicted molar refractivity (Wildman–Crippen MR) is 83.4 cm³/mol. The second-order valence-corrected chi connectivity index (χ2v) is 7.47. The Hall–Kier alpha value is -0.800. The van der Waals surface area contributed by atoms with Crippen LogP contribution in [0.4, 0.5) is 0 Å². The van der Waals surface area contributed by atoms with Gasteiger partial charge in [0, 0.05) is 20.6 Å². The molecule has 0 aliphatic heterocycles. The Balaban J connectivity index is 2.32. The zero-order valence-corrected chi connectivity index (χ0v) is 14.2. The first-order valence-electron chi connectivity index (χ1n) is 6.09. The van der Waals surface area contributed by atoms with Crippen molar-refractivity contribution in [1.82, 2.24) is 20.4 Å². The van der Waals surface area contributed by atoms with E-state index in [-0.39, 0.29) is 11.8 Å². The van der Waals surface area contributed by atoms with E-state index in [1.807, 2.05) is 6.92 Å². The van der Waals surface area contributed by atoms with E-state index in [9.17, 15) is 9.59 Å². The van der Waals surface area contributed by atoms with Gasteiger partial charge in [0.25, 0.3) is 0 Å². The monoisotopic (exact) mass is 334 g/mol. The van der Waals surface area contributed by atoms with Gasteiger partial charge in [-0.05, 0) is 6.42 Å². The molecule has 0 spiro atoms. The molecule has 0 fully saturated rings. The van der Waals surface area contributed by atoms with Gasteiger partial charge >= 0.3 is 0 Å². The number of nitrogens with zero attached hydrogens (tertiary/aromatic N) is 3. The van der Waals surface area contributed by atoms with Crippen molar-refractivity contribution in [3.8, 4) is 0 Å². The van der Waals surface area contributed by atoms with Crippen molar-refractivity contribution < 1.29 is 9.59 Å². The third-order valence-electron chi connectivity index (χ3n) is 2.10. The van der Waals surface area contributed by atoms with Crippen LogP contribution in [0, 0.1) is 0 Å². The molecular formula is C11H18N4O2S3. The number of carbonyl (C=O) groups is 2. The van der Waals surface area contributed by atoms with Crippen molar-refractivity contribution >= 4 is 46.7 Å². The van der Waals surface area contributed by atoms with Crippen LogP contribution in [0.15, 0.2) is 8.68 Å². The summed E-state index contributed by atoms with van der Waals surface area (Å²) >= 11 is 4.14. The van der Waals surface area contributed by atoms with Gasteiger partial charge in [-0.1, -0.05) is 41.8 Å². The number of rotatable bonds is 8. The maximum absolute atomic E-state index is 11.4. The van der Waals surface area contributed by atoms with Gasteiger partial charge in [0.05, 0.1) is 11.5 Å². The van der Waals surface area contributed by atoms with Crippen LogP contribution in [0.3, 0.4) is 0 Å². The largest absolute Gasteiger partial charge is 0.355 e. The summed E-state index contributed by atoms with van der Waals surface area (Å²) in [7, 11) is 3.44. The molecule has 0 aliphatic carbocycles. The third kappa shape index (κ3) is 6.58. The van der Waals surface area contributed by atoms with E-state index in [4.69, 9.17) is 0 Å². The van der Waals surface area contributed by atoms with Crippen LogP contribution in [0.2, 0.25) is 0 Å². The van der Waals surface area contributed by atoms with Crippen molar-refractivity contribution in [2.24, 2.45) is 0 Å². The molecule has 0 unspecified atom stereocenters. The van der Waals surface area contributed by atoms with Gasteiger partial charge in [-0.25, -0.2) is 0 Å². The number of carbonyl (C=O) groups excluding carboxylic acids is 2. The lowest BCUT2D eigenvalue weighted by molar-refractivity contribution is -0.125. The van der Waals surface area contributed by atoms with Gasteiger partial charge in [-0.3, -0.25) is 9.59 Å². The molecule has 0 saturated carbocycles. The highest BCUT2D eigenvalue weighted by atomic mass is 32.2. The van der Waals surface area contributed by atoms with E-state index in [0.29, 0.717) is 18.1 Å². The standard InChI is InChI=1S/C11H18N4O2S3/c1-4-5-12-8(16)6-18-10-13-14-11(20-10)19-7-9(17)15(2)3/h4-7H2,1-3H3,(H,12,16). The summed E-state index contributed by atoms with van der Waals surface area (Å²) in [6.07, 6.45) is 0.926. The Morgan fingerprint density at radius 1 is 1.20 bits per heavy atom. The summed E-state index contributed by atoms with van der Waals surface area (Å²) < 4.78 is 1.49. The van der Waals surface area contributed by atoms with Crippen molar-refractivity contribution in [1.29, 1.82) is 0 Å². The molecule has 9 heteroatoms. The first-order valence-corrected chi connectivity index (χ1v) is 8.87. The van der Waals surface area contributed by atoms with Crippen LogP contribution in [0.5, 0.6) is 0 Å². The van der Waals surface area contributed by atoms with Crippen molar-refractivity contribution in [2.75, 3.05) is 32.1 Å².